The molecule has 11 heavy (non-hydrogen) atoms. The average Bonchev–Trinajstić information content (AvgIpc) is 2.03. The van der Waals surface area contributed by atoms with Crippen molar-refractivity contribution in [3.8, 4) is 0 Å². The monoisotopic (exact) mass is 173 g/mol. The lowest BCUT2D eigenvalue weighted by molar-refractivity contribution is 0.141. The van der Waals surface area contributed by atoms with Crippen molar-refractivity contribution < 1.29 is 5.11 Å². The van der Waals surface area contributed by atoms with Crippen LogP contribution in [0.15, 0.2) is 0 Å². The van der Waals surface area contributed by atoms with Crippen molar-refractivity contribution in [3.63, 3.8) is 0 Å². The molecule has 0 aromatic rings. The van der Waals surface area contributed by atoms with Gasteiger partial charge in [-0.1, -0.05) is 25.2 Å². The highest BCUT2D eigenvalue weighted by Crippen LogP contribution is 2.26. The van der Waals surface area contributed by atoms with Crippen molar-refractivity contribution >= 4 is 8.07 Å². The Kier molecular flexibility index (Phi) is 2.73. The first-order valence-electron chi connectivity index (χ1n) is 4.45. The summed E-state index contributed by atoms with van der Waals surface area (Å²) >= 11 is 0. The second-order valence-corrected chi connectivity index (χ2v) is 9.80. The Hall–Kier alpha value is 0.137. The largest absolute Gasteiger partial charge is 0.392 e. The van der Waals surface area contributed by atoms with Crippen molar-refractivity contribution in [1.29, 1.82) is 0 Å². The zero-order chi connectivity index (χ0) is 8.48. The number of hydrogen-bond acceptors (Lipinski definition) is 2. The molecule has 0 radical (unpaired) electrons. The molecule has 1 heterocycles. The summed E-state index contributed by atoms with van der Waals surface area (Å²) in [7, 11) is -0.964. The van der Waals surface area contributed by atoms with Crippen molar-refractivity contribution in [2.24, 2.45) is 5.73 Å². The lowest BCUT2D eigenvalue weighted by Crippen LogP contribution is -2.32. The van der Waals surface area contributed by atoms with Gasteiger partial charge in [0.15, 0.2) is 0 Å². The lowest BCUT2D eigenvalue weighted by Gasteiger charge is -2.18. The van der Waals surface area contributed by atoms with E-state index in [2.05, 4.69) is 13.1 Å². The molecule has 0 amide bonds. The van der Waals surface area contributed by atoms with Gasteiger partial charge < -0.3 is 10.8 Å². The minimum atomic E-state index is -0.964. The number of nitrogens with two attached hydrogens (primary N) is 1. The van der Waals surface area contributed by atoms with Crippen LogP contribution in [0, 0.1) is 0 Å². The number of hydrogen-bond donors (Lipinski definition) is 2. The molecule has 0 aromatic heterocycles. The molecule has 2 atom stereocenters. The average molecular weight is 173 g/mol. The molecule has 1 aliphatic rings. The van der Waals surface area contributed by atoms with Gasteiger partial charge in [-0.05, 0) is 12.8 Å². The normalized spacial score (nSPS) is 38.2. The van der Waals surface area contributed by atoms with E-state index in [1.807, 2.05) is 0 Å². The Balaban J connectivity index is 2.51. The van der Waals surface area contributed by atoms with E-state index in [1.54, 1.807) is 0 Å². The maximum Gasteiger partial charge on any atom is 0.0688 e. The van der Waals surface area contributed by atoms with Gasteiger partial charge in [-0.25, -0.2) is 0 Å². The van der Waals surface area contributed by atoms with Gasteiger partial charge in [-0.2, -0.15) is 0 Å². The molecule has 0 aliphatic carbocycles. The molecule has 0 unspecified atom stereocenters. The van der Waals surface area contributed by atoms with E-state index in [0.717, 1.165) is 12.8 Å². The van der Waals surface area contributed by atoms with Gasteiger partial charge in [-0.3, -0.25) is 0 Å². The van der Waals surface area contributed by atoms with Crippen LogP contribution in [0.3, 0.4) is 0 Å². The van der Waals surface area contributed by atoms with Crippen LogP contribution >= 0.6 is 0 Å². The van der Waals surface area contributed by atoms with E-state index < -0.39 is 8.07 Å². The molecule has 3 heteroatoms. The summed E-state index contributed by atoms with van der Waals surface area (Å²) in [6.07, 6.45) is 1.73. The van der Waals surface area contributed by atoms with E-state index in [4.69, 9.17) is 5.73 Å². The highest BCUT2D eigenvalue weighted by Gasteiger charge is 2.28. The van der Waals surface area contributed by atoms with Crippen LogP contribution in [0.5, 0.6) is 0 Å². The van der Waals surface area contributed by atoms with E-state index in [1.165, 1.54) is 12.1 Å². The fraction of sp³-hybridized carbons (Fsp3) is 1.00. The van der Waals surface area contributed by atoms with Crippen LogP contribution in [-0.2, 0) is 0 Å². The number of aliphatic hydroxyl groups is 1. The Bertz CT molecular complexity index is 124. The summed E-state index contributed by atoms with van der Waals surface area (Å²) in [5.41, 5.74) is 5.77. The standard InChI is InChI=1S/C8H19NOSi/c1-11(2)5-3-7(9)8(10)4-6-11/h7-8,10H,3-6,9H2,1-2H3/t7-,8+/m0/s1. The molecular weight excluding hydrogens is 154 g/mol. The Morgan fingerprint density at radius 3 is 2.45 bits per heavy atom. The van der Waals surface area contributed by atoms with Gasteiger partial charge in [0.1, 0.15) is 0 Å². The van der Waals surface area contributed by atoms with E-state index in [9.17, 15) is 5.11 Å². The summed E-state index contributed by atoms with van der Waals surface area (Å²) in [6.45, 7) is 4.77. The third-order valence-electron chi connectivity index (χ3n) is 2.77. The van der Waals surface area contributed by atoms with Crippen molar-refractivity contribution in [3.05, 3.63) is 0 Å². The summed E-state index contributed by atoms with van der Waals surface area (Å²) < 4.78 is 0. The summed E-state index contributed by atoms with van der Waals surface area (Å²) in [4.78, 5) is 0. The van der Waals surface area contributed by atoms with Gasteiger partial charge in [-0.15, -0.1) is 0 Å². The lowest BCUT2D eigenvalue weighted by atomic mass is 10.1. The SMILES string of the molecule is C[Si]1(C)CC[C@@H](O)[C@@H](N)CC1. The summed E-state index contributed by atoms with van der Waals surface area (Å²) in [5, 5.41) is 9.49. The minimum Gasteiger partial charge on any atom is -0.392 e. The summed E-state index contributed by atoms with van der Waals surface area (Å²) in [6, 6.07) is 2.57. The van der Waals surface area contributed by atoms with Crippen LogP contribution in [0.25, 0.3) is 0 Å². The maximum absolute atomic E-state index is 9.49. The first kappa shape index (κ1) is 9.23. The van der Waals surface area contributed by atoms with Crippen molar-refractivity contribution in [2.45, 2.75) is 50.2 Å². The molecule has 0 bridgehead atoms. The molecule has 2 nitrogen and oxygen atoms in total. The molecule has 0 spiro atoms. The molecule has 0 saturated carbocycles. The molecule has 0 aromatic carbocycles. The molecule has 1 rings (SSSR count). The zero-order valence-electron chi connectivity index (χ0n) is 7.51. The second-order valence-electron chi connectivity index (χ2n) is 4.47. The van der Waals surface area contributed by atoms with Crippen LogP contribution < -0.4 is 5.73 Å². The third-order valence-corrected chi connectivity index (χ3v) is 6.05. The van der Waals surface area contributed by atoms with Gasteiger partial charge in [0.2, 0.25) is 0 Å². The molecule has 1 fully saturated rings. The quantitative estimate of drug-likeness (QED) is 0.540. The number of rotatable bonds is 0. The Morgan fingerprint density at radius 1 is 1.27 bits per heavy atom. The van der Waals surface area contributed by atoms with E-state index >= 15 is 0 Å². The summed E-state index contributed by atoms with van der Waals surface area (Å²) in [5.74, 6) is 0. The molecule has 1 saturated heterocycles. The molecule has 1 aliphatic heterocycles. The third kappa shape index (κ3) is 2.58. The van der Waals surface area contributed by atoms with Gasteiger partial charge in [0.25, 0.3) is 0 Å². The zero-order valence-corrected chi connectivity index (χ0v) is 8.51. The predicted octanol–water partition coefficient (Wildman–Crippen LogP) is 1.18. The number of aliphatic hydroxyl groups excluding tert-OH is 1. The Labute approximate surface area is 69.8 Å². The van der Waals surface area contributed by atoms with E-state index in [-0.39, 0.29) is 12.1 Å². The van der Waals surface area contributed by atoms with Crippen LogP contribution in [0.2, 0.25) is 25.2 Å². The van der Waals surface area contributed by atoms with E-state index in [0.29, 0.717) is 0 Å². The van der Waals surface area contributed by atoms with Crippen LogP contribution in [0.4, 0.5) is 0 Å². The van der Waals surface area contributed by atoms with Crippen molar-refractivity contribution in [2.75, 3.05) is 0 Å². The molecule has 3 N–H and O–H groups in total. The van der Waals surface area contributed by atoms with Crippen LogP contribution in [0.1, 0.15) is 12.8 Å². The maximum atomic E-state index is 9.49. The first-order chi connectivity index (χ1) is 5.01. The van der Waals surface area contributed by atoms with Crippen LogP contribution in [-0.4, -0.2) is 25.3 Å². The second kappa shape index (κ2) is 3.25. The molecule has 66 valence electrons. The first-order valence-corrected chi connectivity index (χ1v) is 7.86. The fourth-order valence-electron chi connectivity index (χ4n) is 1.63. The van der Waals surface area contributed by atoms with Gasteiger partial charge in [0, 0.05) is 14.1 Å². The smallest absolute Gasteiger partial charge is 0.0688 e. The predicted molar refractivity (Wildman–Crippen MR) is 50.3 cm³/mol. The Morgan fingerprint density at radius 2 is 1.82 bits per heavy atom. The topological polar surface area (TPSA) is 46.2 Å². The van der Waals surface area contributed by atoms with Gasteiger partial charge >= 0.3 is 0 Å². The highest BCUT2D eigenvalue weighted by molar-refractivity contribution is 6.77. The molecular formula is C8H19NOSi. The van der Waals surface area contributed by atoms with Crippen molar-refractivity contribution in [1.82, 2.24) is 0 Å². The van der Waals surface area contributed by atoms with Gasteiger partial charge in [0.05, 0.1) is 6.10 Å². The fourth-order valence-corrected chi connectivity index (χ4v) is 4.07. The minimum absolute atomic E-state index is 0.0456. The highest BCUT2D eigenvalue weighted by atomic mass is 28.3.